The van der Waals surface area contributed by atoms with Crippen LogP contribution >= 0.6 is 0 Å². The lowest BCUT2D eigenvalue weighted by Crippen LogP contribution is -2.16. The average molecular weight is 396 g/mol. The third-order valence-electron chi connectivity index (χ3n) is 4.00. The summed E-state index contributed by atoms with van der Waals surface area (Å²) in [6, 6.07) is 21.9. The molecule has 3 aromatic rings. The predicted octanol–water partition coefficient (Wildman–Crippen LogP) is 3.68. The zero-order chi connectivity index (χ0) is 20.0. The molecule has 0 atom stereocenters. The van der Waals surface area contributed by atoms with Crippen molar-refractivity contribution in [3.8, 4) is 5.75 Å². The molecule has 0 aliphatic carbocycles. The van der Waals surface area contributed by atoms with Crippen molar-refractivity contribution in [2.75, 3.05) is 17.1 Å². The van der Waals surface area contributed by atoms with Gasteiger partial charge in [-0.15, -0.1) is 0 Å². The molecule has 0 heterocycles. The standard InChI is InChI=1S/C21H20N2O4S/c1-27-20-13-6-5-8-16(20)14-21(24)22-17-9-7-10-18(15-17)23-28(25,26)19-11-3-2-4-12-19/h2-13,15,23H,14H2,1H3,(H,22,24). The number of anilines is 2. The van der Waals surface area contributed by atoms with Gasteiger partial charge in [-0.2, -0.15) is 0 Å². The van der Waals surface area contributed by atoms with Crippen LogP contribution in [-0.2, 0) is 21.2 Å². The molecule has 0 bridgehead atoms. The highest BCUT2D eigenvalue weighted by atomic mass is 32.2. The van der Waals surface area contributed by atoms with Crippen molar-refractivity contribution in [3.05, 3.63) is 84.4 Å². The second-order valence-corrected chi connectivity index (χ2v) is 7.72. The fourth-order valence-electron chi connectivity index (χ4n) is 2.70. The summed E-state index contributed by atoms with van der Waals surface area (Å²) >= 11 is 0. The Kier molecular flexibility index (Phi) is 5.96. The summed E-state index contributed by atoms with van der Waals surface area (Å²) in [5.41, 5.74) is 1.62. The zero-order valence-electron chi connectivity index (χ0n) is 15.3. The highest BCUT2D eigenvalue weighted by Crippen LogP contribution is 2.21. The lowest BCUT2D eigenvalue weighted by Gasteiger charge is -2.11. The number of ether oxygens (including phenoxy) is 1. The largest absolute Gasteiger partial charge is 0.496 e. The molecule has 28 heavy (non-hydrogen) atoms. The van der Waals surface area contributed by atoms with Crippen LogP contribution in [0.1, 0.15) is 5.56 Å². The van der Waals surface area contributed by atoms with Crippen LogP contribution in [0, 0.1) is 0 Å². The van der Waals surface area contributed by atoms with E-state index in [2.05, 4.69) is 10.0 Å². The summed E-state index contributed by atoms with van der Waals surface area (Å²) < 4.78 is 32.6. The van der Waals surface area contributed by atoms with E-state index in [4.69, 9.17) is 4.74 Å². The molecule has 0 fully saturated rings. The molecule has 7 heteroatoms. The maximum atomic E-state index is 12.4. The number of para-hydroxylation sites is 1. The summed E-state index contributed by atoms with van der Waals surface area (Å²) in [4.78, 5) is 12.5. The molecule has 3 rings (SSSR count). The van der Waals surface area contributed by atoms with E-state index in [0.717, 1.165) is 5.56 Å². The van der Waals surface area contributed by atoms with Gasteiger partial charge in [0.1, 0.15) is 5.75 Å². The van der Waals surface area contributed by atoms with Gasteiger partial charge in [0.2, 0.25) is 5.91 Å². The Morgan fingerprint density at radius 3 is 2.32 bits per heavy atom. The first-order valence-electron chi connectivity index (χ1n) is 8.57. The number of sulfonamides is 1. The molecular formula is C21H20N2O4S. The molecule has 144 valence electrons. The van der Waals surface area contributed by atoms with Crippen molar-refractivity contribution in [2.45, 2.75) is 11.3 Å². The predicted molar refractivity (Wildman–Crippen MR) is 109 cm³/mol. The molecule has 0 aliphatic heterocycles. The Morgan fingerprint density at radius 2 is 1.57 bits per heavy atom. The van der Waals surface area contributed by atoms with Gasteiger partial charge in [-0.25, -0.2) is 8.42 Å². The van der Waals surface area contributed by atoms with Gasteiger partial charge in [0.05, 0.1) is 24.1 Å². The van der Waals surface area contributed by atoms with E-state index in [-0.39, 0.29) is 17.2 Å². The fourth-order valence-corrected chi connectivity index (χ4v) is 3.77. The van der Waals surface area contributed by atoms with Crippen LogP contribution < -0.4 is 14.8 Å². The molecular weight excluding hydrogens is 376 g/mol. The molecule has 3 aromatic carbocycles. The molecule has 0 aliphatic rings. The van der Waals surface area contributed by atoms with Gasteiger partial charge in [0, 0.05) is 11.3 Å². The van der Waals surface area contributed by atoms with Crippen LogP contribution in [0.2, 0.25) is 0 Å². The lowest BCUT2D eigenvalue weighted by molar-refractivity contribution is -0.115. The summed E-state index contributed by atoms with van der Waals surface area (Å²) in [6.45, 7) is 0. The molecule has 0 saturated heterocycles. The van der Waals surface area contributed by atoms with E-state index >= 15 is 0 Å². The molecule has 0 aromatic heterocycles. The number of carbonyl (C=O) groups excluding carboxylic acids is 1. The van der Waals surface area contributed by atoms with Crippen LogP contribution in [0.5, 0.6) is 5.75 Å². The third kappa shape index (κ3) is 4.89. The number of rotatable bonds is 7. The summed E-state index contributed by atoms with van der Waals surface area (Å²) in [5.74, 6) is 0.412. The minimum atomic E-state index is -3.70. The van der Waals surface area contributed by atoms with Gasteiger partial charge in [-0.1, -0.05) is 42.5 Å². The molecule has 2 N–H and O–H groups in total. The molecule has 0 spiro atoms. The normalized spacial score (nSPS) is 10.9. The summed E-state index contributed by atoms with van der Waals surface area (Å²) in [6.07, 6.45) is 0.143. The maximum absolute atomic E-state index is 12.4. The summed E-state index contributed by atoms with van der Waals surface area (Å²) in [5, 5.41) is 2.78. The third-order valence-corrected chi connectivity index (χ3v) is 5.39. The number of hydrogen-bond donors (Lipinski definition) is 2. The first-order chi connectivity index (χ1) is 13.5. The van der Waals surface area contributed by atoms with Crippen LogP contribution in [0.4, 0.5) is 11.4 Å². The van der Waals surface area contributed by atoms with Gasteiger partial charge >= 0.3 is 0 Å². The van der Waals surface area contributed by atoms with Gasteiger partial charge in [-0.3, -0.25) is 9.52 Å². The van der Waals surface area contributed by atoms with E-state index in [1.165, 1.54) is 12.1 Å². The van der Waals surface area contributed by atoms with Crippen molar-refractivity contribution in [1.29, 1.82) is 0 Å². The Hall–Kier alpha value is -3.32. The minimum absolute atomic E-state index is 0.143. The average Bonchev–Trinajstić information content (AvgIpc) is 2.69. The molecule has 1 amide bonds. The van der Waals surface area contributed by atoms with E-state index in [1.807, 2.05) is 18.2 Å². The Balaban J connectivity index is 1.70. The number of benzene rings is 3. The van der Waals surface area contributed by atoms with E-state index in [1.54, 1.807) is 55.6 Å². The van der Waals surface area contributed by atoms with Crippen LogP contribution in [0.15, 0.2) is 83.8 Å². The highest BCUT2D eigenvalue weighted by molar-refractivity contribution is 7.92. The van der Waals surface area contributed by atoms with Crippen LogP contribution in [-0.4, -0.2) is 21.4 Å². The monoisotopic (exact) mass is 396 g/mol. The van der Waals surface area contributed by atoms with Crippen molar-refractivity contribution < 1.29 is 17.9 Å². The molecule has 6 nitrogen and oxygen atoms in total. The number of carbonyl (C=O) groups is 1. The Bertz CT molecular complexity index is 1070. The highest BCUT2D eigenvalue weighted by Gasteiger charge is 2.14. The smallest absolute Gasteiger partial charge is 0.261 e. The fraction of sp³-hybridized carbons (Fsp3) is 0.0952. The number of amides is 1. The number of hydrogen-bond acceptors (Lipinski definition) is 4. The Morgan fingerprint density at radius 1 is 0.893 bits per heavy atom. The molecule has 0 radical (unpaired) electrons. The molecule has 0 unspecified atom stereocenters. The second-order valence-electron chi connectivity index (χ2n) is 6.04. The van der Waals surface area contributed by atoms with Crippen LogP contribution in [0.3, 0.4) is 0 Å². The van der Waals surface area contributed by atoms with Crippen molar-refractivity contribution in [1.82, 2.24) is 0 Å². The molecule has 0 saturated carbocycles. The van der Waals surface area contributed by atoms with E-state index in [0.29, 0.717) is 17.1 Å². The van der Waals surface area contributed by atoms with Crippen molar-refractivity contribution in [2.24, 2.45) is 0 Å². The lowest BCUT2D eigenvalue weighted by atomic mass is 10.1. The van der Waals surface area contributed by atoms with Gasteiger partial charge in [0.15, 0.2) is 0 Å². The summed E-state index contributed by atoms with van der Waals surface area (Å²) in [7, 11) is -2.14. The van der Waals surface area contributed by atoms with E-state index in [9.17, 15) is 13.2 Å². The number of methoxy groups -OCH3 is 1. The number of nitrogens with one attached hydrogen (secondary N) is 2. The van der Waals surface area contributed by atoms with Gasteiger partial charge in [-0.05, 0) is 36.4 Å². The first kappa shape index (κ1) is 19.4. The minimum Gasteiger partial charge on any atom is -0.496 e. The van der Waals surface area contributed by atoms with Gasteiger partial charge in [0.25, 0.3) is 10.0 Å². The topological polar surface area (TPSA) is 84.5 Å². The zero-order valence-corrected chi connectivity index (χ0v) is 16.1. The maximum Gasteiger partial charge on any atom is 0.261 e. The Labute approximate surface area is 164 Å². The quantitative estimate of drug-likeness (QED) is 0.638. The van der Waals surface area contributed by atoms with Crippen LogP contribution in [0.25, 0.3) is 0 Å². The van der Waals surface area contributed by atoms with E-state index < -0.39 is 10.0 Å². The van der Waals surface area contributed by atoms with Crippen molar-refractivity contribution >= 4 is 27.3 Å². The SMILES string of the molecule is COc1ccccc1CC(=O)Nc1cccc(NS(=O)(=O)c2ccccc2)c1. The van der Waals surface area contributed by atoms with Gasteiger partial charge < -0.3 is 10.1 Å². The first-order valence-corrected chi connectivity index (χ1v) is 10.1. The van der Waals surface area contributed by atoms with Crippen molar-refractivity contribution in [3.63, 3.8) is 0 Å². The second kappa shape index (κ2) is 8.58.